The summed E-state index contributed by atoms with van der Waals surface area (Å²) in [6.45, 7) is 4.27. The summed E-state index contributed by atoms with van der Waals surface area (Å²) in [4.78, 5) is 12.4. The summed E-state index contributed by atoms with van der Waals surface area (Å²) < 4.78 is 28.7. The first-order valence-corrected chi connectivity index (χ1v) is 9.95. The molecular weight excluding hydrogens is 364 g/mol. The van der Waals surface area contributed by atoms with Gasteiger partial charge in [0.1, 0.15) is 10.6 Å². The Balaban J connectivity index is 0.00000312. The molecule has 1 unspecified atom stereocenters. The van der Waals surface area contributed by atoms with Gasteiger partial charge in [-0.15, -0.1) is 12.4 Å². The lowest BCUT2D eigenvalue weighted by molar-refractivity contribution is 0.0945. The fourth-order valence-corrected chi connectivity index (χ4v) is 4.65. The molecule has 9 heteroatoms. The van der Waals surface area contributed by atoms with Crippen LogP contribution in [-0.2, 0) is 17.1 Å². The van der Waals surface area contributed by atoms with E-state index in [1.54, 1.807) is 11.6 Å². The van der Waals surface area contributed by atoms with E-state index >= 15 is 0 Å². The van der Waals surface area contributed by atoms with E-state index in [1.165, 1.54) is 16.6 Å². The number of aryl methyl sites for hydroxylation is 1. The van der Waals surface area contributed by atoms with Crippen molar-refractivity contribution in [3.8, 4) is 0 Å². The quantitative estimate of drug-likeness (QED) is 0.684. The van der Waals surface area contributed by atoms with E-state index < -0.39 is 10.0 Å². The van der Waals surface area contributed by atoms with E-state index in [2.05, 4.69) is 12.2 Å². The SMILES string of the molecule is CC1CCCN(S(=O)(=O)c2cc(C(=O)NCCCCN)n(C)c2)C1.Cl. The smallest absolute Gasteiger partial charge is 0.267 e. The molecule has 1 aliphatic rings. The molecule has 0 aromatic carbocycles. The number of amides is 1. The van der Waals surface area contributed by atoms with Crippen LogP contribution in [-0.4, -0.2) is 49.4 Å². The van der Waals surface area contributed by atoms with Crippen LogP contribution >= 0.6 is 12.4 Å². The van der Waals surface area contributed by atoms with Crippen LogP contribution in [0.1, 0.15) is 43.1 Å². The maximum absolute atomic E-state index is 12.8. The van der Waals surface area contributed by atoms with Crippen LogP contribution in [0, 0.1) is 5.92 Å². The van der Waals surface area contributed by atoms with E-state index in [0.29, 0.717) is 37.8 Å². The molecule has 1 saturated heterocycles. The number of hydrogen-bond acceptors (Lipinski definition) is 4. The van der Waals surface area contributed by atoms with Crippen LogP contribution < -0.4 is 11.1 Å². The summed E-state index contributed by atoms with van der Waals surface area (Å²) in [5.74, 6) is 0.102. The first-order valence-electron chi connectivity index (χ1n) is 8.51. The van der Waals surface area contributed by atoms with E-state index in [9.17, 15) is 13.2 Å². The fraction of sp³-hybridized carbons (Fsp3) is 0.688. The predicted molar refractivity (Wildman–Crippen MR) is 100 cm³/mol. The van der Waals surface area contributed by atoms with Gasteiger partial charge in [-0.05, 0) is 44.2 Å². The van der Waals surface area contributed by atoms with Crippen LogP contribution in [0.15, 0.2) is 17.2 Å². The average Bonchev–Trinajstić information content (AvgIpc) is 2.94. The number of carbonyl (C=O) groups excluding carboxylic acids is 1. The van der Waals surface area contributed by atoms with Crippen molar-refractivity contribution < 1.29 is 13.2 Å². The summed E-state index contributed by atoms with van der Waals surface area (Å²) >= 11 is 0. The monoisotopic (exact) mass is 392 g/mol. The third-order valence-electron chi connectivity index (χ3n) is 4.39. The molecule has 1 amide bonds. The van der Waals surface area contributed by atoms with Gasteiger partial charge in [0.2, 0.25) is 10.0 Å². The highest BCUT2D eigenvalue weighted by molar-refractivity contribution is 7.89. The van der Waals surface area contributed by atoms with Gasteiger partial charge in [-0.3, -0.25) is 4.79 Å². The molecule has 1 aromatic heterocycles. The van der Waals surface area contributed by atoms with Gasteiger partial charge in [-0.25, -0.2) is 8.42 Å². The number of hydrogen-bond donors (Lipinski definition) is 2. The molecular formula is C16H29ClN4O3S. The normalized spacial score (nSPS) is 18.6. The topological polar surface area (TPSA) is 97.4 Å². The van der Waals surface area contributed by atoms with E-state index in [0.717, 1.165) is 25.7 Å². The van der Waals surface area contributed by atoms with Gasteiger partial charge in [0, 0.05) is 32.9 Å². The van der Waals surface area contributed by atoms with Crippen molar-refractivity contribution in [2.75, 3.05) is 26.2 Å². The summed E-state index contributed by atoms with van der Waals surface area (Å²) in [7, 11) is -1.86. The Morgan fingerprint density at radius 2 is 2.12 bits per heavy atom. The fourth-order valence-electron chi connectivity index (χ4n) is 2.98. The number of sulfonamides is 1. The van der Waals surface area contributed by atoms with Gasteiger partial charge in [0.25, 0.3) is 5.91 Å². The van der Waals surface area contributed by atoms with Crippen LogP contribution in [0.5, 0.6) is 0 Å². The molecule has 144 valence electrons. The minimum Gasteiger partial charge on any atom is -0.351 e. The highest BCUT2D eigenvalue weighted by Crippen LogP contribution is 2.24. The van der Waals surface area contributed by atoms with E-state index in [4.69, 9.17) is 5.73 Å². The number of carbonyl (C=O) groups is 1. The van der Waals surface area contributed by atoms with E-state index in [-0.39, 0.29) is 23.2 Å². The van der Waals surface area contributed by atoms with Gasteiger partial charge < -0.3 is 15.6 Å². The Bertz CT molecular complexity index is 675. The van der Waals surface area contributed by atoms with Crippen molar-refractivity contribution >= 4 is 28.3 Å². The molecule has 0 spiro atoms. The highest BCUT2D eigenvalue weighted by Gasteiger charge is 2.30. The summed E-state index contributed by atoms with van der Waals surface area (Å²) in [6, 6.07) is 1.47. The summed E-state index contributed by atoms with van der Waals surface area (Å²) in [5.41, 5.74) is 5.78. The molecule has 0 bridgehead atoms. The number of halogens is 1. The Hall–Kier alpha value is -1.09. The lowest BCUT2D eigenvalue weighted by Gasteiger charge is -2.29. The molecule has 2 rings (SSSR count). The van der Waals surface area contributed by atoms with Crippen LogP contribution in [0.4, 0.5) is 0 Å². The first-order chi connectivity index (χ1) is 11.4. The number of piperidine rings is 1. The van der Waals surface area contributed by atoms with Gasteiger partial charge in [0.05, 0.1) is 0 Å². The second-order valence-corrected chi connectivity index (χ2v) is 8.47. The van der Waals surface area contributed by atoms with Crippen molar-refractivity contribution in [2.45, 2.75) is 37.5 Å². The van der Waals surface area contributed by atoms with Gasteiger partial charge >= 0.3 is 0 Å². The van der Waals surface area contributed by atoms with E-state index in [1.807, 2.05) is 0 Å². The molecule has 0 radical (unpaired) electrons. The second kappa shape index (κ2) is 9.56. The Labute approximate surface area is 156 Å². The number of rotatable bonds is 7. The third-order valence-corrected chi connectivity index (χ3v) is 6.22. The molecule has 25 heavy (non-hydrogen) atoms. The predicted octanol–water partition coefficient (Wildman–Crippen LogP) is 1.34. The molecule has 7 nitrogen and oxygen atoms in total. The Morgan fingerprint density at radius 3 is 2.76 bits per heavy atom. The zero-order valence-electron chi connectivity index (χ0n) is 14.9. The molecule has 1 aliphatic heterocycles. The van der Waals surface area contributed by atoms with Crippen molar-refractivity contribution in [3.05, 3.63) is 18.0 Å². The van der Waals surface area contributed by atoms with Crippen molar-refractivity contribution in [3.63, 3.8) is 0 Å². The molecule has 0 saturated carbocycles. The first kappa shape index (κ1) is 22.0. The number of unbranched alkanes of at least 4 members (excludes halogenated alkanes) is 1. The van der Waals surface area contributed by atoms with Crippen molar-refractivity contribution in [1.29, 1.82) is 0 Å². The van der Waals surface area contributed by atoms with Crippen LogP contribution in [0.3, 0.4) is 0 Å². The lowest BCUT2D eigenvalue weighted by Crippen LogP contribution is -2.38. The number of aromatic nitrogens is 1. The van der Waals surface area contributed by atoms with Gasteiger partial charge in [0.15, 0.2) is 0 Å². The molecule has 2 heterocycles. The summed E-state index contributed by atoms with van der Waals surface area (Å²) in [6.07, 6.45) is 5.10. The zero-order valence-corrected chi connectivity index (χ0v) is 16.5. The lowest BCUT2D eigenvalue weighted by atomic mass is 10.0. The molecule has 1 aromatic rings. The van der Waals surface area contributed by atoms with Crippen molar-refractivity contribution in [2.24, 2.45) is 18.7 Å². The Morgan fingerprint density at radius 1 is 1.40 bits per heavy atom. The zero-order chi connectivity index (χ0) is 17.7. The van der Waals surface area contributed by atoms with Crippen LogP contribution in [0.2, 0.25) is 0 Å². The molecule has 1 atom stereocenters. The van der Waals surface area contributed by atoms with Crippen LogP contribution in [0.25, 0.3) is 0 Å². The number of nitrogens with one attached hydrogen (secondary N) is 1. The largest absolute Gasteiger partial charge is 0.351 e. The third kappa shape index (κ3) is 5.44. The minimum absolute atomic E-state index is 0. The number of nitrogens with two attached hydrogens (primary N) is 1. The molecule has 0 aliphatic carbocycles. The standard InChI is InChI=1S/C16H28N4O3S.ClH/c1-13-6-5-9-20(11-13)24(22,23)14-10-15(19(2)12-14)16(21)18-8-4-3-7-17;/h10,12-13H,3-9,11,17H2,1-2H3,(H,18,21);1H. The minimum atomic E-state index is -3.54. The highest BCUT2D eigenvalue weighted by atomic mass is 35.5. The summed E-state index contributed by atoms with van der Waals surface area (Å²) in [5, 5.41) is 2.80. The second-order valence-electron chi connectivity index (χ2n) is 6.53. The maximum Gasteiger partial charge on any atom is 0.267 e. The van der Waals surface area contributed by atoms with Gasteiger partial charge in [-0.2, -0.15) is 4.31 Å². The Kier molecular flexibility index (Phi) is 8.40. The molecule has 3 N–H and O–H groups in total. The average molecular weight is 393 g/mol. The number of nitrogens with zero attached hydrogens (tertiary/aromatic N) is 2. The maximum atomic E-state index is 12.8. The van der Waals surface area contributed by atoms with Crippen molar-refractivity contribution in [1.82, 2.24) is 14.2 Å². The molecule has 1 fully saturated rings. The van der Waals surface area contributed by atoms with Gasteiger partial charge in [-0.1, -0.05) is 6.92 Å².